The molecule has 0 aromatic carbocycles. The van der Waals surface area contributed by atoms with E-state index < -0.39 is 0 Å². The lowest BCUT2D eigenvalue weighted by Crippen LogP contribution is -2.61. The lowest BCUT2D eigenvalue weighted by Gasteiger charge is -2.46. The molecule has 0 saturated carbocycles. The summed E-state index contributed by atoms with van der Waals surface area (Å²) >= 11 is 1.71. The quantitative estimate of drug-likeness (QED) is 0.495. The first-order valence-electron chi connectivity index (χ1n) is 8.60. The summed E-state index contributed by atoms with van der Waals surface area (Å²) in [5.74, 6) is 2.63. The molecule has 6 nitrogen and oxygen atoms in total. The maximum absolute atomic E-state index is 6.01. The zero-order valence-corrected chi connectivity index (χ0v) is 15.1. The fraction of sp³-hybridized carbons (Fsp3) is 0.750. The molecule has 2 aliphatic rings. The Morgan fingerprint density at radius 2 is 2.04 bits per heavy atom. The number of fused-ring (bicyclic) bond motifs is 1. The Bertz CT molecular complexity index is 525. The van der Waals surface area contributed by atoms with Crippen LogP contribution in [0, 0.1) is 0 Å². The largest absolute Gasteiger partial charge is 0.383 e. The fourth-order valence-electron chi connectivity index (χ4n) is 3.28. The van der Waals surface area contributed by atoms with E-state index >= 15 is 0 Å². The smallest absolute Gasteiger partial charge is 0.191 e. The molecule has 0 spiro atoms. The molecule has 3 heterocycles. The molecule has 128 valence electrons. The average Bonchev–Trinajstić information content (AvgIpc) is 2.54. The monoisotopic (exact) mass is 336 g/mol. The van der Waals surface area contributed by atoms with E-state index in [1.165, 1.54) is 25.9 Å². The predicted molar refractivity (Wildman–Crippen MR) is 97.1 cm³/mol. The molecule has 23 heavy (non-hydrogen) atoms. The van der Waals surface area contributed by atoms with Crippen molar-refractivity contribution in [3.63, 3.8) is 0 Å². The topological polar surface area (TPSA) is 61.5 Å². The van der Waals surface area contributed by atoms with Crippen LogP contribution in [0.3, 0.4) is 0 Å². The van der Waals surface area contributed by atoms with Gasteiger partial charge in [-0.2, -0.15) is 0 Å². The van der Waals surface area contributed by atoms with Crippen molar-refractivity contribution in [1.29, 1.82) is 0 Å². The van der Waals surface area contributed by atoms with Crippen molar-refractivity contribution in [3.8, 4) is 0 Å². The van der Waals surface area contributed by atoms with Gasteiger partial charge in [-0.15, -0.1) is 0 Å². The number of nitrogen functional groups attached to an aromatic ring is 1. The summed E-state index contributed by atoms with van der Waals surface area (Å²) in [4.78, 5) is 16.5. The zero-order valence-electron chi connectivity index (χ0n) is 14.2. The van der Waals surface area contributed by atoms with Gasteiger partial charge < -0.3 is 15.5 Å². The Morgan fingerprint density at radius 1 is 1.22 bits per heavy atom. The lowest BCUT2D eigenvalue weighted by molar-refractivity contribution is 0.0804. The third-order valence-electron chi connectivity index (χ3n) is 4.66. The van der Waals surface area contributed by atoms with Crippen molar-refractivity contribution in [3.05, 3.63) is 6.07 Å². The highest BCUT2D eigenvalue weighted by Crippen LogP contribution is 2.24. The Morgan fingerprint density at radius 3 is 2.87 bits per heavy atom. The number of unbranched alkanes of at least 4 members (excludes halogenated alkanes) is 1. The number of nitrogens with two attached hydrogens (primary N) is 1. The van der Waals surface area contributed by atoms with Crippen LogP contribution in [0.2, 0.25) is 0 Å². The van der Waals surface area contributed by atoms with E-state index in [4.69, 9.17) is 10.7 Å². The van der Waals surface area contributed by atoms with Crippen molar-refractivity contribution < 1.29 is 0 Å². The fourth-order valence-corrected chi connectivity index (χ4v) is 4.23. The number of thioether (sulfide) groups is 1. The van der Waals surface area contributed by atoms with Gasteiger partial charge in [-0.3, -0.25) is 4.90 Å². The first-order chi connectivity index (χ1) is 11.2. The molecule has 2 saturated heterocycles. The van der Waals surface area contributed by atoms with Gasteiger partial charge >= 0.3 is 0 Å². The highest BCUT2D eigenvalue weighted by Gasteiger charge is 2.31. The summed E-state index contributed by atoms with van der Waals surface area (Å²) < 4.78 is 0. The van der Waals surface area contributed by atoms with Gasteiger partial charge in [0.2, 0.25) is 0 Å². The van der Waals surface area contributed by atoms with Crippen LogP contribution in [0.5, 0.6) is 0 Å². The molecular weight excluding hydrogens is 308 g/mol. The normalized spacial score (nSPS) is 23.0. The molecule has 2 N–H and O–H groups in total. The van der Waals surface area contributed by atoms with Crippen LogP contribution in [0.25, 0.3) is 0 Å². The van der Waals surface area contributed by atoms with Crippen molar-refractivity contribution in [2.24, 2.45) is 0 Å². The number of likely N-dealkylation sites (N-methyl/N-ethyl adjacent to an activating group) is 1. The third-order valence-corrected chi connectivity index (χ3v) is 5.59. The van der Waals surface area contributed by atoms with Crippen molar-refractivity contribution in [2.45, 2.75) is 31.0 Å². The average molecular weight is 337 g/mol. The van der Waals surface area contributed by atoms with E-state index in [1.54, 1.807) is 11.8 Å². The van der Waals surface area contributed by atoms with Crippen LogP contribution >= 0.6 is 11.8 Å². The van der Waals surface area contributed by atoms with E-state index in [-0.39, 0.29) is 0 Å². The molecule has 0 bridgehead atoms. The molecule has 2 aliphatic heterocycles. The molecule has 0 aliphatic carbocycles. The van der Waals surface area contributed by atoms with E-state index in [0.29, 0.717) is 11.9 Å². The summed E-state index contributed by atoms with van der Waals surface area (Å²) in [5, 5.41) is 0.816. The van der Waals surface area contributed by atoms with E-state index in [0.717, 1.165) is 42.9 Å². The molecule has 3 rings (SSSR count). The minimum Gasteiger partial charge on any atom is -0.383 e. The highest BCUT2D eigenvalue weighted by atomic mass is 32.2. The maximum atomic E-state index is 6.01. The van der Waals surface area contributed by atoms with Crippen LogP contribution in [0.15, 0.2) is 11.2 Å². The molecule has 1 aromatic heterocycles. The van der Waals surface area contributed by atoms with E-state index in [1.807, 2.05) is 6.07 Å². The number of rotatable bonds is 5. The number of aromatic nitrogens is 2. The summed E-state index contributed by atoms with van der Waals surface area (Å²) in [6.45, 7) is 8.85. The SMILES string of the molecule is CCCCSc1nc(N)cc(N2CCN3CCN(C)C[C@@H]3C2)n1. The summed E-state index contributed by atoms with van der Waals surface area (Å²) in [6.07, 6.45) is 2.38. The van der Waals surface area contributed by atoms with Gasteiger partial charge in [-0.25, -0.2) is 9.97 Å². The molecule has 0 amide bonds. The van der Waals surface area contributed by atoms with Gasteiger partial charge in [0.1, 0.15) is 11.6 Å². The zero-order chi connectivity index (χ0) is 16.2. The van der Waals surface area contributed by atoms with Crippen LogP contribution in [-0.2, 0) is 0 Å². The summed E-state index contributed by atoms with van der Waals surface area (Å²) in [7, 11) is 2.21. The second-order valence-corrected chi connectivity index (χ2v) is 7.60. The van der Waals surface area contributed by atoms with Gasteiger partial charge in [0.25, 0.3) is 0 Å². The Hall–Kier alpha value is -1.05. The minimum absolute atomic E-state index is 0.581. The maximum Gasteiger partial charge on any atom is 0.191 e. The number of anilines is 2. The first-order valence-corrected chi connectivity index (χ1v) is 9.59. The van der Waals surface area contributed by atoms with E-state index in [9.17, 15) is 0 Å². The minimum atomic E-state index is 0.581. The van der Waals surface area contributed by atoms with Gasteiger partial charge in [0.05, 0.1) is 0 Å². The Kier molecular flexibility index (Phi) is 5.61. The number of nitrogens with zero attached hydrogens (tertiary/aromatic N) is 5. The highest BCUT2D eigenvalue weighted by molar-refractivity contribution is 7.99. The molecule has 1 atom stereocenters. The van der Waals surface area contributed by atoms with Crippen LogP contribution < -0.4 is 10.6 Å². The summed E-state index contributed by atoms with van der Waals surface area (Å²) in [5.41, 5.74) is 6.01. The van der Waals surface area contributed by atoms with Crippen molar-refractivity contribution in [1.82, 2.24) is 19.8 Å². The third kappa shape index (κ3) is 4.28. The second-order valence-electron chi connectivity index (χ2n) is 6.53. The molecule has 0 unspecified atom stereocenters. The van der Waals surface area contributed by atoms with Crippen LogP contribution in [-0.4, -0.2) is 77.9 Å². The number of piperazine rings is 2. The predicted octanol–water partition coefficient (Wildman–Crippen LogP) is 1.39. The second kappa shape index (κ2) is 7.68. The molecule has 7 heteroatoms. The molecule has 0 radical (unpaired) electrons. The van der Waals surface area contributed by atoms with E-state index in [2.05, 4.69) is 33.7 Å². The Labute approximate surface area is 143 Å². The van der Waals surface area contributed by atoms with Gasteiger partial charge in [0, 0.05) is 57.1 Å². The standard InChI is InChI=1S/C16H28N6S/c1-3-4-9-23-16-18-14(17)10-15(19-16)22-8-7-21-6-5-20(2)11-13(21)12-22/h10,13H,3-9,11-12H2,1-2H3,(H2,17,18,19)/t13-/m1/s1. The molecule has 1 aromatic rings. The lowest BCUT2D eigenvalue weighted by atomic mass is 10.1. The number of hydrogen-bond acceptors (Lipinski definition) is 7. The van der Waals surface area contributed by atoms with Gasteiger partial charge in [0.15, 0.2) is 5.16 Å². The molecular formula is C16H28N6S. The summed E-state index contributed by atoms with van der Waals surface area (Å²) in [6, 6.07) is 2.52. The number of hydrogen-bond donors (Lipinski definition) is 1. The van der Waals surface area contributed by atoms with Crippen molar-refractivity contribution >= 4 is 23.4 Å². The Balaban J connectivity index is 1.68. The van der Waals surface area contributed by atoms with Gasteiger partial charge in [-0.05, 0) is 13.5 Å². The first kappa shape index (κ1) is 16.8. The van der Waals surface area contributed by atoms with Crippen LogP contribution in [0.4, 0.5) is 11.6 Å². The van der Waals surface area contributed by atoms with Crippen molar-refractivity contribution in [2.75, 3.05) is 62.7 Å². The van der Waals surface area contributed by atoms with Crippen LogP contribution in [0.1, 0.15) is 19.8 Å². The van der Waals surface area contributed by atoms with Gasteiger partial charge in [-0.1, -0.05) is 25.1 Å². The molecule has 2 fully saturated rings.